The van der Waals surface area contributed by atoms with Gasteiger partial charge in [-0.15, -0.1) is 0 Å². The van der Waals surface area contributed by atoms with Crippen LogP contribution in [0.2, 0.25) is 0 Å². The first-order valence-corrected chi connectivity index (χ1v) is 5.48. The molecule has 18 heavy (non-hydrogen) atoms. The van der Waals surface area contributed by atoms with E-state index in [0.717, 1.165) is 25.0 Å². The SMILES string of the molecule is N#Cc1ccc(F)c(OC(=O)N2CCCC2)c1F. The fourth-order valence-corrected chi connectivity index (χ4v) is 1.76. The lowest BCUT2D eigenvalue weighted by Crippen LogP contribution is -2.31. The van der Waals surface area contributed by atoms with Crippen molar-refractivity contribution in [3.63, 3.8) is 0 Å². The van der Waals surface area contributed by atoms with Crippen LogP contribution >= 0.6 is 0 Å². The van der Waals surface area contributed by atoms with Crippen LogP contribution in [0.5, 0.6) is 5.75 Å². The number of nitrogens with zero attached hydrogens (tertiary/aromatic N) is 2. The Bertz CT molecular complexity index is 520. The number of hydrogen-bond donors (Lipinski definition) is 0. The maximum Gasteiger partial charge on any atom is 0.415 e. The van der Waals surface area contributed by atoms with Gasteiger partial charge in [-0.1, -0.05) is 0 Å². The molecule has 0 bridgehead atoms. The second-order valence-electron chi connectivity index (χ2n) is 3.91. The van der Waals surface area contributed by atoms with Crippen LogP contribution in [-0.2, 0) is 0 Å². The highest BCUT2D eigenvalue weighted by molar-refractivity contribution is 5.71. The number of benzene rings is 1. The maximum atomic E-state index is 13.6. The molecule has 1 aliphatic heterocycles. The van der Waals surface area contributed by atoms with Crippen LogP contribution in [0, 0.1) is 23.0 Å². The summed E-state index contributed by atoms with van der Waals surface area (Å²) >= 11 is 0. The minimum Gasteiger partial charge on any atom is -0.404 e. The van der Waals surface area contributed by atoms with E-state index in [0.29, 0.717) is 13.1 Å². The second-order valence-corrected chi connectivity index (χ2v) is 3.91. The van der Waals surface area contributed by atoms with Crippen molar-refractivity contribution in [1.82, 2.24) is 4.90 Å². The van der Waals surface area contributed by atoms with Gasteiger partial charge in [-0.05, 0) is 25.0 Å². The van der Waals surface area contributed by atoms with Gasteiger partial charge in [0, 0.05) is 13.1 Å². The molecule has 0 N–H and O–H groups in total. The average Bonchev–Trinajstić information content (AvgIpc) is 2.88. The standard InChI is InChI=1S/C12H10F2N2O2/c13-9-4-3-8(7-15)10(14)11(9)18-12(17)16-5-1-2-6-16/h3-4H,1-2,5-6H2. The van der Waals surface area contributed by atoms with Crippen LogP contribution in [0.4, 0.5) is 13.6 Å². The lowest BCUT2D eigenvalue weighted by Gasteiger charge is -2.15. The molecule has 1 aromatic carbocycles. The summed E-state index contributed by atoms with van der Waals surface area (Å²) in [6.45, 7) is 1.03. The third-order valence-electron chi connectivity index (χ3n) is 2.72. The van der Waals surface area contributed by atoms with Gasteiger partial charge in [-0.2, -0.15) is 5.26 Å². The molecule has 0 saturated carbocycles. The van der Waals surface area contributed by atoms with E-state index in [2.05, 4.69) is 4.74 Å². The van der Waals surface area contributed by atoms with Crippen molar-refractivity contribution >= 4 is 6.09 Å². The lowest BCUT2D eigenvalue weighted by atomic mass is 10.2. The quantitative estimate of drug-likeness (QED) is 0.771. The third-order valence-corrected chi connectivity index (χ3v) is 2.72. The van der Waals surface area contributed by atoms with Crippen LogP contribution in [0.1, 0.15) is 18.4 Å². The first-order chi connectivity index (χ1) is 8.63. The fraction of sp³-hybridized carbons (Fsp3) is 0.333. The molecule has 1 aromatic rings. The first kappa shape index (κ1) is 12.3. The maximum absolute atomic E-state index is 13.6. The lowest BCUT2D eigenvalue weighted by molar-refractivity contribution is 0.158. The number of likely N-dealkylation sites (tertiary alicyclic amines) is 1. The summed E-state index contributed by atoms with van der Waals surface area (Å²) in [6.07, 6.45) is 0.900. The Labute approximate surface area is 102 Å². The van der Waals surface area contributed by atoms with Crippen LogP contribution in [0.3, 0.4) is 0 Å². The molecule has 0 unspecified atom stereocenters. The van der Waals surface area contributed by atoms with Crippen molar-refractivity contribution in [1.29, 1.82) is 5.26 Å². The van der Waals surface area contributed by atoms with Crippen LogP contribution in [0.15, 0.2) is 12.1 Å². The smallest absolute Gasteiger partial charge is 0.404 e. The van der Waals surface area contributed by atoms with E-state index in [1.54, 1.807) is 6.07 Å². The highest BCUT2D eigenvalue weighted by Crippen LogP contribution is 2.25. The Balaban J connectivity index is 2.23. The molecular weight excluding hydrogens is 242 g/mol. The number of halogens is 2. The number of carbonyl (C=O) groups is 1. The fourth-order valence-electron chi connectivity index (χ4n) is 1.76. The molecule has 0 radical (unpaired) electrons. The minimum absolute atomic E-state index is 0.361. The summed E-state index contributed by atoms with van der Waals surface area (Å²) in [4.78, 5) is 13.0. The number of nitriles is 1. The zero-order valence-corrected chi connectivity index (χ0v) is 9.45. The van der Waals surface area contributed by atoms with Crippen LogP contribution in [0.25, 0.3) is 0 Å². The largest absolute Gasteiger partial charge is 0.415 e. The van der Waals surface area contributed by atoms with Crippen molar-refractivity contribution in [2.75, 3.05) is 13.1 Å². The van der Waals surface area contributed by atoms with Crippen molar-refractivity contribution in [3.8, 4) is 11.8 Å². The summed E-state index contributed by atoms with van der Waals surface area (Å²) < 4.78 is 31.7. The Morgan fingerprint density at radius 2 is 2.00 bits per heavy atom. The summed E-state index contributed by atoms with van der Waals surface area (Å²) in [6, 6.07) is 3.45. The highest BCUT2D eigenvalue weighted by atomic mass is 19.1. The summed E-state index contributed by atoms with van der Waals surface area (Å²) in [7, 11) is 0. The van der Waals surface area contributed by atoms with Gasteiger partial charge < -0.3 is 9.64 Å². The summed E-state index contributed by atoms with van der Waals surface area (Å²) in [5.41, 5.74) is -0.361. The molecule has 1 amide bonds. The Morgan fingerprint density at radius 1 is 1.33 bits per heavy atom. The molecule has 0 spiro atoms. The molecule has 1 aliphatic rings. The number of carbonyl (C=O) groups excluding carboxylic acids is 1. The number of rotatable bonds is 1. The van der Waals surface area contributed by atoms with E-state index in [1.807, 2.05) is 0 Å². The minimum atomic E-state index is -1.15. The van der Waals surface area contributed by atoms with Gasteiger partial charge in [0.15, 0.2) is 11.6 Å². The first-order valence-electron chi connectivity index (χ1n) is 5.48. The van der Waals surface area contributed by atoms with Gasteiger partial charge in [-0.25, -0.2) is 13.6 Å². The molecule has 1 fully saturated rings. The zero-order valence-electron chi connectivity index (χ0n) is 9.45. The summed E-state index contributed by atoms with van der Waals surface area (Å²) in [5, 5.41) is 8.62. The highest BCUT2D eigenvalue weighted by Gasteiger charge is 2.24. The molecule has 1 saturated heterocycles. The van der Waals surface area contributed by atoms with Gasteiger partial charge in [0.05, 0.1) is 5.56 Å². The Hall–Kier alpha value is -2.16. The molecule has 0 aliphatic carbocycles. The molecular formula is C12H10F2N2O2. The van der Waals surface area contributed by atoms with E-state index < -0.39 is 23.5 Å². The normalized spacial score (nSPS) is 14.4. The monoisotopic (exact) mass is 252 g/mol. The second kappa shape index (κ2) is 5.00. The van der Waals surface area contributed by atoms with E-state index >= 15 is 0 Å². The molecule has 1 heterocycles. The van der Waals surface area contributed by atoms with Gasteiger partial charge in [0.25, 0.3) is 0 Å². The molecule has 0 atom stereocenters. The molecule has 6 heteroatoms. The number of amides is 1. The summed E-state index contributed by atoms with van der Waals surface area (Å²) in [5.74, 6) is -2.96. The van der Waals surface area contributed by atoms with Crippen LogP contribution < -0.4 is 4.74 Å². The molecule has 2 rings (SSSR count). The predicted molar refractivity (Wildman–Crippen MR) is 57.9 cm³/mol. The van der Waals surface area contributed by atoms with Gasteiger partial charge in [0.1, 0.15) is 6.07 Å². The Morgan fingerprint density at radius 3 is 2.61 bits per heavy atom. The van der Waals surface area contributed by atoms with E-state index in [4.69, 9.17) is 5.26 Å². The zero-order chi connectivity index (χ0) is 13.1. The molecule has 0 aromatic heterocycles. The topological polar surface area (TPSA) is 53.3 Å². The van der Waals surface area contributed by atoms with E-state index in [-0.39, 0.29) is 5.56 Å². The van der Waals surface area contributed by atoms with Crippen molar-refractivity contribution in [3.05, 3.63) is 29.3 Å². The van der Waals surface area contributed by atoms with Crippen molar-refractivity contribution in [2.45, 2.75) is 12.8 Å². The van der Waals surface area contributed by atoms with Gasteiger partial charge >= 0.3 is 6.09 Å². The number of ether oxygens (including phenoxy) is 1. The van der Waals surface area contributed by atoms with E-state index in [9.17, 15) is 13.6 Å². The number of hydrogen-bond acceptors (Lipinski definition) is 3. The average molecular weight is 252 g/mol. The molecule has 94 valence electrons. The molecule has 4 nitrogen and oxygen atoms in total. The van der Waals surface area contributed by atoms with Crippen molar-refractivity contribution in [2.24, 2.45) is 0 Å². The Kier molecular flexibility index (Phi) is 3.42. The third kappa shape index (κ3) is 2.25. The van der Waals surface area contributed by atoms with Crippen molar-refractivity contribution < 1.29 is 18.3 Å². The van der Waals surface area contributed by atoms with Gasteiger partial charge in [-0.3, -0.25) is 0 Å². The van der Waals surface area contributed by atoms with E-state index in [1.165, 1.54) is 4.90 Å². The van der Waals surface area contributed by atoms with Gasteiger partial charge in [0.2, 0.25) is 5.75 Å². The van der Waals surface area contributed by atoms with Crippen LogP contribution in [-0.4, -0.2) is 24.1 Å². The predicted octanol–water partition coefficient (Wildman–Crippen LogP) is 2.43.